The van der Waals surface area contributed by atoms with Crippen molar-refractivity contribution < 1.29 is 19.8 Å². The standard InChI is InChI=1S/C16H19NO4/c18-13-7-4-12(5-8-13)6-9-14(19)17-16(15(20)21)10-2-1-3-11-16/h4-9,18H,1-3,10-11H2,(H,17,19)(H,20,21)/b9-6+. The predicted molar refractivity (Wildman–Crippen MR) is 78.7 cm³/mol. The van der Waals surface area contributed by atoms with Crippen LogP contribution < -0.4 is 5.32 Å². The summed E-state index contributed by atoms with van der Waals surface area (Å²) in [5.74, 6) is -1.22. The molecule has 0 heterocycles. The number of carboxylic acid groups (broad SMARTS) is 1. The summed E-state index contributed by atoms with van der Waals surface area (Å²) in [6.45, 7) is 0. The highest BCUT2D eigenvalue weighted by atomic mass is 16.4. The van der Waals surface area contributed by atoms with Crippen LogP contribution in [0.4, 0.5) is 0 Å². The van der Waals surface area contributed by atoms with Crippen molar-refractivity contribution >= 4 is 18.0 Å². The first kappa shape index (κ1) is 15.1. The van der Waals surface area contributed by atoms with Crippen LogP contribution in [0.2, 0.25) is 0 Å². The van der Waals surface area contributed by atoms with E-state index in [1.54, 1.807) is 18.2 Å². The number of carbonyl (C=O) groups is 2. The van der Waals surface area contributed by atoms with Gasteiger partial charge in [0.1, 0.15) is 11.3 Å². The predicted octanol–water partition coefficient (Wildman–Crippen LogP) is 2.31. The molecular weight excluding hydrogens is 270 g/mol. The highest BCUT2D eigenvalue weighted by Crippen LogP contribution is 2.28. The molecule has 1 saturated carbocycles. The lowest BCUT2D eigenvalue weighted by Gasteiger charge is -2.33. The van der Waals surface area contributed by atoms with E-state index in [-0.39, 0.29) is 5.75 Å². The topological polar surface area (TPSA) is 86.6 Å². The summed E-state index contributed by atoms with van der Waals surface area (Å²) < 4.78 is 0. The molecule has 2 rings (SSSR count). The Kier molecular flexibility index (Phi) is 4.62. The Hall–Kier alpha value is -2.30. The van der Waals surface area contributed by atoms with Gasteiger partial charge < -0.3 is 15.5 Å². The molecule has 21 heavy (non-hydrogen) atoms. The lowest BCUT2D eigenvalue weighted by Crippen LogP contribution is -2.55. The Morgan fingerprint density at radius 2 is 1.71 bits per heavy atom. The highest BCUT2D eigenvalue weighted by molar-refractivity contribution is 5.95. The van der Waals surface area contributed by atoms with Gasteiger partial charge in [-0.25, -0.2) is 4.79 Å². The fraction of sp³-hybridized carbons (Fsp3) is 0.375. The molecule has 0 radical (unpaired) electrons. The van der Waals surface area contributed by atoms with E-state index >= 15 is 0 Å². The SMILES string of the molecule is O=C(/C=C/c1ccc(O)cc1)NC1(C(=O)O)CCCCC1. The van der Waals surface area contributed by atoms with Crippen LogP contribution in [0.5, 0.6) is 5.75 Å². The maximum Gasteiger partial charge on any atom is 0.329 e. The average molecular weight is 289 g/mol. The van der Waals surface area contributed by atoms with Gasteiger partial charge in [-0.3, -0.25) is 4.79 Å². The zero-order chi connectivity index (χ0) is 15.3. The molecule has 1 aromatic rings. The normalized spacial score (nSPS) is 17.5. The number of rotatable bonds is 4. The van der Waals surface area contributed by atoms with E-state index in [4.69, 9.17) is 0 Å². The molecule has 5 heteroatoms. The summed E-state index contributed by atoms with van der Waals surface area (Å²) in [6, 6.07) is 6.40. The summed E-state index contributed by atoms with van der Waals surface area (Å²) in [5, 5.41) is 21.2. The summed E-state index contributed by atoms with van der Waals surface area (Å²) in [4.78, 5) is 23.4. The van der Waals surface area contributed by atoms with E-state index in [2.05, 4.69) is 5.32 Å². The number of phenolic OH excluding ortho intramolecular Hbond substituents is 1. The van der Waals surface area contributed by atoms with Gasteiger partial charge in [0, 0.05) is 6.08 Å². The van der Waals surface area contributed by atoms with E-state index in [0.29, 0.717) is 12.8 Å². The zero-order valence-corrected chi connectivity index (χ0v) is 11.7. The molecule has 0 aromatic heterocycles. The number of aromatic hydroxyl groups is 1. The van der Waals surface area contributed by atoms with E-state index in [9.17, 15) is 19.8 Å². The molecule has 0 bridgehead atoms. The van der Waals surface area contributed by atoms with E-state index < -0.39 is 17.4 Å². The lowest BCUT2D eigenvalue weighted by atomic mass is 9.81. The number of phenols is 1. The molecule has 0 atom stereocenters. The summed E-state index contributed by atoms with van der Waals surface area (Å²) in [5.41, 5.74) is -0.370. The molecular formula is C16H19NO4. The fourth-order valence-corrected chi connectivity index (χ4v) is 2.58. The summed E-state index contributed by atoms with van der Waals surface area (Å²) >= 11 is 0. The fourth-order valence-electron chi connectivity index (χ4n) is 2.58. The van der Waals surface area contributed by atoms with Gasteiger partial charge in [0.15, 0.2) is 0 Å². The Labute approximate surface area is 123 Å². The molecule has 0 spiro atoms. The Morgan fingerprint density at radius 3 is 2.29 bits per heavy atom. The monoisotopic (exact) mass is 289 g/mol. The third kappa shape index (κ3) is 3.84. The molecule has 1 aliphatic rings. The lowest BCUT2D eigenvalue weighted by molar-refractivity contribution is -0.148. The van der Waals surface area contributed by atoms with Gasteiger partial charge in [-0.05, 0) is 36.6 Å². The van der Waals surface area contributed by atoms with E-state index in [1.807, 2.05) is 0 Å². The van der Waals surface area contributed by atoms with Crippen molar-refractivity contribution in [3.8, 4) is 5.75 Å². The second-order valence-corrected chi connectivity index (χ2v) is 5.36. The first-order chi connectivity index (χ1) is 10.0. The van der Waals surface area contributed by atoms with Crippen molar-refractivity contribution in [3.63, 3.8) is 0 Å². The van der Waals surface area contributed by atoms with Crippen LogP contribution in [0.15, 0.2) is 30.3 Å². The molecule has 1 aromatic carbocycles. The molecule has 0 saturated heterocycles. The van der Waals surface area contributed by atoms with Crippen LogP contribution in [0, 0.1) is 0 Å². The van der Waals surface area contributed by atoms with Crippen molar-refractivity contribution in [1.29, 1.82) is 0 Å². The van der Waals surface area contributed by atoms with Crippen molar-refractivity contribution in [2.75, 3.05) is 0 Å². The highest BCUT2D eigenvalue weighted by Gasteiger charge is 2.40. The van der Waals surface area contributed by atoms with Crippen LogP contribution in [-0.4, -0.2) is 27.6 Å². The van der Waals surface area contributed by atoms with Crippen molar-refractivity contribution in [2.45, 2.75) is 37.6 Å². The summed E-state index contributed by atoms with van der Waals surface area (Å²) in [7, 11) is 0. The second-order valence-electron chi connectivity index (χ2n) is 5.36. The van der Waals surface area contributed by atoms with Gasteiger partial charge in [-0.15, -0.1) is 0 Å². The van der Waals surface area contributed by atoms with E-state index in [1.165, 1.54) is 18.2 Å². The molecule has 5 nitrogen and oxygen atoms in total. The van der Waals surface area contributed by atoms with Crippen LogP contribution in [0.3, 0.4) is 0 Å². The number of carboxylic acids is 1. The van der Waals surface area contributed by atoms with Crippen LogP contribution in [0.1, 0.15) is 37.7 Å². The number of nitrogens with one attached hydrogen (secondary N) is 1. The number of hydrogen-bond acceptors (Lipinski definition) is 3. The largest absolute Gasteiger partial charge is 0.508 e. The molecule has 1 amide bonds. The van der Waals surface area contributed by atoms with Gasteiger partial charge in [-0.1, -0.05) is 31.4 Å². The van der Waals surface area contributed by atoms with Gasteiger partial charge in [0.25, 0.3) is 0 Å². The average Bonchev–Trinajstić information content (AvgIpc) is 2.47. The molecule has 0 aliphatic heterocycles. The van der Waals surface area contributed by atoms with Gasteiger partial charge >= 0.3 is 5.97 Å². The van der Waals surface area contributed by atoms with Crippen molar-refractivity contribution in [3.05, 3.63) is 35.9 Å². The quantitative estimate of drug-likeness (QED) is 0.742. The van der Waals surface area contributed by atoms with Crippen LogP contribution in [0.25, 0.3) is 6.08 Å². The molecule has 0 unspecified atom stereocenters. The Morgan fingerprint density at radius 1 is 1.10 bits per heavy atom. The smallest absolute Gasteiger partial charge is 0.329 e. The minimum atomic E-state index is -1.13. The zero-order valence-electron chi connectivity index (χ0n) is 11.7. The van der Waals surface area contributed by atoms with Gasteiger partial charge in [0.05, 0.1) is 0 Å². The minimum Gasteiger partial charge on any atom is -0.508 e. The minimum absolute atomic E-state index is 0.156. The first-order valence-corrected chi connectivity index (χ1v) is 7.04. The molecule has 1 aliphatic carbocycles. The van der Waals surface area contributed by atoms with Crippen molar-refractivity contribution in [2.24, 2.45) is 0 Å². The third-order valence-corrected chi connectivity index (χ3v) is 3.80. The first-order valence-electron chi connectivity index (χ1n) is 7.04. The molecule has 1 fully saturated rings. The van der Waals surface area contributed by atoms with Gasteiger partial charge in [-0.2, -0.15) is 0 Å². The molecule has 3 N–H and O–H groups in total. The Bertz CT molecular complexity index is 542. The van der Waals surface area contributed by atoms with Gasteiger partial charge in [0.2, 0.25) is 5.91 Å². The number of carbonyl (C=O) groups excluding carboxylic acids is 1. The summed E-state index contributed by atoms with van der Waals surface area (Å²) in [6.07, 6.45) is 6.50. The second kappa shape index (κ2) is 6.43. The Balaban J connectivity index is 2.02. The number of benzene rings is 1. The molecule has 112 valence electrons. The van der Waals surface area contributed by atoms with Crippen LogP contribution >= 0.6 is 0 Å². The third-order valence-electron chi connectivity index (χ3n) is 3.80. The number of hydrogen-bond donors (Lipinski definition) is 3. The van der Waals surface area contributed by atoms with Crippen molar-refractivity contribution in [1.82, 2.24) is 5.32 Å². The van der Waals surface area contributed by atoms with Crippen LogP contribution in [-0.2, 0) is 9.59 Å². The number of amides is 1. The maximum absolute atomic E-state index is 12.0. The maximum atomic E-state index is 12.0. The number of aliphatic carboxylic acids is 1. The van der Waals surface area contributed by atoms with E-state index in [0.717, 1.165) is 24.8 Å².